The molecule has 13 heteroatoms. The molecule has 1 N–H and O–H groups in total. The first-order chi connectivity index (χ1) is 17.3. The fourth-order valence-electron chi connectivity index (χ4n) is 4.18. The molecule has 0 bridgehead atoms. The number of rotatable bonds is 7. The highest BCUT2D eigenvalue weighted by atomic mass is 32.2. The van der Waals surface area contributed by atoms with Crippen LogP contribution in [0.5, 0.6) is 5.75 Å². The Bertz CT molecular complexity index is 1460. The van der Waals surface area contributed by atoms with Crippen molar-refractivity contribution in [2.24, 2.45) is 0 Å². The molecule has 37 heavy (non-hydrogen) atoms. The summed E-state index contributed by atoms with van der Waals surface area (Å²) in [7, 11) is -4.69. The summed E-state index contributed by atoms with van der Waals surface area (Å²) in [5, 5.41) is 9.34. The van der Waals surface area contributed by atoms with Gasteiger partial charge in [-0.1, -0.05) is 18.2 Å². The molecule has 6 nitrogen and oxygen atoms in total. The van der Waals surface area contributed by atoms with Crippen LogP contribution >= 0.6 is 0 Å². The number of benzene rings is 3. The van der Waals surface area contributed by atoms with Crippen molar-refractivity contribution in [2.75, 3.05) is 4.31 Å². The van der Waals surface area contributed by atoms with Crippen molar-refractivity contribution in [1.82, 2.24) is 0 Å². The highest BCUT2D eigenvalue weighted by Gasteiger charge is 2.41. The molecule has 196 valence electrons. The largest absolute Gasteiger partial charge is 0.481 e. The van der Waals surface area contributed by atoms with Gasteiger partial charge in [-0.25, -0.2) is 12.8 Å². The minimum Gasteiger partial charge on any atom is -0.481 e. The molecule has 0 aliphatic carbocycles. The van der Waals surface area contributed by atoms with Crippen molar-refractivity contribution in [2.45, 2.75) is 36.6 Å². The molecule has 0 aromatic heterocycles. The number of carbonyl (C=O) groups is 1. The van der Waals surface area contributed by atoms with Crippen molar-refractivity contribution in [3.63, 3.8) is 0 Å². The van der Waals surface area contributed by atoms with Crippen LogP contribution < -0.4 is 9.04 Å². The Kier molecular flexibility index (Phi) is 6.84. The van der Waals surface area contributed by atoms with Crippen molar-refractivity contribution in [3.8, 4) is 16.9 Å². The fraction of sp³-hybridized carbons (Fsp3) is 0.208. The maximum Gasteiger partial charge on any atom is 0.416 e. The van der Waals surface area contributed by atoms with Gasteiger partial charge in [-0.3, -0.25) is 9.10 Å². The smallest absolute Gasteiger partial charge is 0.416 e. The van der Waals surface area contributed by atoms with Gasteiger partial charge in [0.15, 0.2) is 0 Å². The molecule has 1 aliphatic rings. The van der Waals surface area contributed by atoms with E-state index in [-0.39, 0.29) is 23.2 Å². The highest BCUT2D eigenvalue weighted by molar-refractivity contribution is 7.92. The first-order valence-corrected chi connectivity index (χ1v) is 12.0. The first kappa shape index (κ1) is 26.3. The molecule has 0 amide bonds. The van der Waals surface area contributed by atoms with Crippen molar-refractivity contribution in [1.29, 1.82) is 0 Å². The van der Waals surface area contributed by atoms with Gasteiger partial charge in [0.25, 0.3) is 10.0 Å². The Balaban J connectivity index is 1.83. The second-order valence-corrected chi connectivity index (χ2v) is 9.99. The number of halogens is 6. The third-order valence-electron chi connectivity index (χ3n) is 5.67. The van der Waals surface area contributed by atoms with Gasteiger partial charge in [-0.2, -0.15) is 22.0 Å². The molecular weight excluding hydrogens is 528 g/mol. The van der Waals surface area contributed by atoms with E-state index in [2.05, 4.69) is 4.74 Å². The third kappa shape index (κ3) is 5.50. The van der Waals surface area contributed by atoms with Gasteiger partial charge in [0.2, 0.25) is 0 Å². The summed E-state index contributed by atoms with van der Waals surface area (Å²) in [6.07, 6.45) is -5.52. The quantitative estimate of drug-likeness (QED) is 0.385. The maximum absolute atomic E-state index is 14.1. The van der Waals surface area contributed by atoms with Gasteiger partial charge in [0, 0.05) is 6.07 Å². The summed E-state index contributed by atoms with van der Waals surface area (Å²) in [6.45, 7) is -3.22. The van der Waals surface area contributed by atoms with E-state index in [1.54, 1.807) is 0 Å². The van der Waals surface area contributed by atoms with E-state index < -0.39 is 63.3 Å². The SMILES string of the molecule is O=C(O)CC1Cc2ccc(-c3cc(F)cc(OC(F)F)c3)cc2N1S(=O)(=O)c1cccc(C(F)(F)F)c1. The van der Waals surface area contributed by atoms with E-state index in [1.165, 1.54) is 18.2 Å². The standard InChI is InChI=1S/C24H17F6NO5S/c25-17-6-15(8-19(11-17)36-23(26)27)13-4-5-14-7-18(12-22(32)33)31(21(14)9-13)37(34,35)20-3-1-2-16(10-20)24(28,29)30/h1-6,8-11,18,23H,7,12H2,(H,32,33). The van der Waals surface area contributed by atoms with Gasteiger partial charge in [-0.05, 0) is 59.5 Å². The van der Waals surface area contributed by atoms with E-state index in [0.29, 0.717) is 17.7 Å². The van der Waals surface area contributed by atoms with Crippen LogP contribution in [0.25, 0.3) is 11.1 Å². The molecule has 1 heterocycles. The number of hydrogen-bond donors (Lipinski definition) is 1. The van der Waals surface area contributed by atoms with E-state index in [9.17, 15) is 44.7 Å². The minimum absolute atomic E-state index is 0.0262. The van der Waals surface area contributed by atoms with Gasteiger partial charge >= 0.3 is 18.8 Å². The number of fused-ring (bicyclic) bond motifs is 1. The number of carboxylic acid groups (broad SMARTS) is 1. The number of ether oxygens (including phenoxy) is 1. The van der Waals surface area contributed by atoms with E-state index in [0.717, 1.165) is 34.6 Å². The number of alkyl halides is 5. The lowest BCUT2D eigenvalue weighted by Crippen LogP contribution is -2.39. The van der Waals surface area contributed by atoms with Crippen molar-refractivity contribution in [3.05, 3.63) is 77.6 Å². The number of aliphatic carboxylic acids is 1. The zero-order valence-electron chi connectivity index (χ0n) is 18.5. The molecule has 0 spiro atoms. The lowest BCUT2D eigenvalue weighted by Gasteiger charge is -2.26. The zero-order chi connectivity index (χ0) is 27.1. The molecule has 0 saturated carbocycles. The van der Waals surface area contributed by atoms with Crippen LogP contribution in [0.4, 0.5) is 32.0 Å². The van der Waals surface area contributed by atoms with Crippen LogP contribution in [-0.2, 0) is 27.4 Å². The summed E-state index contributed by atoms with van der Waals surface area (Å²) in [4.78, 5) is 10.8. The zero-order valence-corrected chi connectivity index (χ0v) is 19.4. The van der Waals surface area contributed by atoms with Gasteiger partial charge < -0.3 is 9.84 Å². The van der Waals surface area contributed by atoms with Crippen LogP contribution in [0.1, 0.15) is 17.5 Å². The van der Waals surface area contributed by atoms with Crippen molar-refractivity contribution >= 4 is 21.7 Å². The first-order valence-electron chi connectivity index (χ1n) is 10.6. The van der Waals surface area contributed by atoms with E-state index in [4.69, 9.17) is 0 Å². The van der Waals surface area contributed by atoms with Crippen molar-refractivity contribution < 1.29 is 49.4 Å². The number of sulfonamides is 1. The topological polar surface area (TPSA) is 83.9 Å². The van der Waals surface area contributed by atoms with Crippen LogP contribution in [0.3, 0.4) is 0 Å². The number of nitrogens with zero attached hydrogens (tertiary/aromatic N) is 1. The van der Waals surface area contributed by atoms with Crippen LogP contribution in [-0.4, -0.2) is 32.1 Å². The van der Waals surface area contributed by atoms with Crippen LogP contribution in [0, 0.1) is 5.82 Å². The number of carboxylic acids is 1. The molecule has 3 aromatic carbocycles. The number of anilines is 1. The van der Waals surface area contributed by atoms with Gasteiger partial charge in [0.1, 0.15) is 11.6 Å². The Morgan fingerprint density at radius 3 is 2.43 bits per heavy atom. The molecule has 3 aromatic rings. The van der Waals surface area contributed by atoms with Gasteiger partial charge in [-0.15, -0.1) is 0 Å². The number of hydrogen-bond acceptors (Lipinski definition) is 4. The van der Waals surface area contributed by atoms with E-state index in [1.807, 2.05) is 0 Å². The predicted molar refractivity (Wildman–Crippen MR) is 119 cm³/mol. The lowest BCUT2D eigenvalue weighted by atomic mass is 10.0. The van der Waals surface area contributed by atoms with Crippen LogP contribution in [0.15, 0.2) is 65.6 Å². The van der Waals surface area contributed by atoms with E-state index >= 15 is 0 Å². The Morgan fingerprint density at radius 1 is 1.05 bits per heavy atom. The summed E-state index contributed by atoms with van der Waals surface area (Å²) in [5.41, 5.74) is -0.621. The molecule has 1 unspecified atom stereocenters. The van der Waals surface area contributed by atoms with Crippen LogP contribution in [0.2, 0.25) is 0 Å². The Hall–Kier alpha value is -3.74. The molecular formula is C24H17F6NO5S. The molecule has 1 atom stereocenters. The summed E-state index contributed by atoms with van der Waals surface area (Å²) < 4.78 is 111. The minimum atomic E-state index is -4.82. The monoisotopic (exact) mass is 545 g/mol. The molecule has 0 radical (unpaired) electrons. The Labute approximate surface area is 206 Å². The van der Waals surface area contributed by atoms with Gasteiger partial charge in [0.05, 0.1) is 28.6 Å². The average Bonchev–Trinajstić information content (AvgIpc) is 3.14. The normalized spacial score (nSPS) is 15.6. The predicted octanol–water partition coefficient (Wildman–Crippen LogP) is 5.71. The molecule has 0 fully saturated rings. The second kappa shape index (κ2) is 9.61. The molecule has 0 saturated heterocycles. The summed E-state index contributed by atoms with van der Waals surface area (Å²) in [6, 6.07) is 8.91. The Morgan fingerprint density at radius 2 is 1.78 bits per heavy atom. The summed E-state index contributed by atoms with van der Waals surface area (Å²) in [5.74, 6) is -2.73. The maximum atomic E-state index is 14.1. The average molecular weight is 545 g/mol. The second-order valence-electron chi connectivity index (χ2n) is 8.18. The lowest BCUT2D eigenvalue weighted by molar-refractivity contribution is -0.138. The fourth-order valence-corrected chi connectivity index (χ4v) is 5.91. The summed E-state index contributed by atoms with van der Waals surface area (Å²) >= 11 is 0. The third-order valence-corrected chi connectivity index (χ3v) is 7.53. The molecule has 4 rings (SSSR count). The highest BCUT2D eigenvalue weighted by Crippen LogP contribution is 2.41. The molecule has 1 aliphatic heterocycles.